The molecule has 1 aromatic carbocycles. The molecule has 1 aliphatic carbocycles. The van der Waals surface area contributed by atoms with Gasteiger partial charge >= 0.3 is 6.36 Å². The summed E-state index contributed by atoms with van der Waals surface area (Å²) in [6.45, 7) is 0. The first-order valence-electron chi connectivity index (χ1n) is 5.09. The number of hydrogen-bond acceptors (Lipinski definition) is 2. The second-order valence-electron chi connectivity index (χ2n) is 3.83. The molecular formula is C11H10BrF3O2. The van der Waals surface area contributed by atoms with Gasteiger partial charge in [-0.2, -0.15) is 0 Å². The van der Waals surface area contributed by atoms with Gasteiger partial charge in [0.05, 0.1) is 0 Å². The van der Waals surface area contributed by atoms with Crippen LogP contribution in [0.15, 0.2) is 24.3 Å². The number of ether oxygens (including phenoxy) is 2. The molecule has 0 amide bonds. The molecule has 6 heteroatoms. The van der Waals surface area contributed by atoms with Crippen LogP contribution in [-0.4, -0.2) is 17.3 Å². The lowest BCUT2D eigenvalue weighted by atomic mass is 9.96. The lowest BCUT2D eigenvalue weighted by Crippen LogP contribution is -2.33. The molecule has 0 unspecified atom stereocenters. The van der Waals surface area contributed by atoms with Gasteiger partial charge in [-0.1, -0.05) is 15.9 Å². The molecule has 0 atom stereocenters. The average Bonchev–Trinajstić information content (AvgIpc) is 2.16. The predicted molar refractivity (Wildman–Crippen MR) is 59.5 cm³/mol. The molecule has 1 saturated carbocycles. The van der Waals surface area contributed by atoms with Crippen LogP contribution in [0.25, 0.3) is 0 Å². The number of hydrogen-bond donors (Lipinski definition) is 0. The van der Waals surface area contributed by atoms with Crippen molar-refractivity contribution in [1.29, 1.82) is 0 Å². The van der Waals surface area contributed by atoms with Gasteiger partial charge in [0.25, 0.3) is 0 Å². The molecule has 0 bridgehead atoms. The monoisotopic (exact) mass is 310 g/mol. The van der Waals surface area contributed by atoms with Gasteiger partial charge in [-0.25, -0.2) is 0 Å². The molecule has 17 heavy (non-hydrogen) atoms. The zero-order chi connectivity index (χ0) is 12.5. The van der Waals surface area contributed by atoms with Gasteiger partial charge < -0.3 is 9.47 Å². The van der Waals surface area contributed by atoms with Crippen molar-refractivity contribution in [3.63, 3.8) is 0 Å². The van der Waals surface area contributed by atoms with E-state index in [1.165, 1.54) is 24.3 Å². The van der Waals surface area contributed by atoms with E-state index in [1.807, 2.05) is 0 Å². The summed E-state index contributed by atoms with van der Waals surface area (Å²) >= 11 is 3.43. The predicted octanol–water partition coefficient (Wildman–Crippen LogP) is 3.89. The van der Waals surface area contributed by atoms with Crippen LogP contribution in [0.3, 0.4) is 0 Å². The SMILES string of the molecule is FC(F)(F)Oc1ccc(OC2CC(Br)C2)cc1. The van der Waals surface area contributed by atoms with E-state index in [2.05, 4.69) is 20.7 Å². The molecule has 0 radical (unpaired) electrons. The maximum atomic E-state index is 11.9. The zero-order valence-electron chi connectivity index (χ0n) is 8.71. The standard InChI is InChI=1S/C11H10BrF3O2/c12-7-5-10(6-7)16-8-1-3-9(4-2-8)17-11(13,14)15/h1-4,7,10H,5-6H2. The highest BCUT2D eigenvalue weighted by atomic mass is 79.9. The Morgan fingerprint density at radius 3 is 2.06 bits per heavy atom. The Labute approximate surface area is 105 Å². The summed E-state index contributed by atoms with van der Waals surface area (Å²) in [5.41, 5.74) is 0. The highest BCUT2D eigenvalue weighted by Gasteiger charge is 2.31. The third-order valence-corrected chi connectivity index (χ3v) is 3.14. The minimum absolute atomic E-state index is 0.147. The number of benzene rings is 1. The molecule has 1 aliphatic rings. The van der Waals surface area contributed by atoms with Gasteiger partial charge in [-0.3, -0.25) is 0 Å². The van der Waals surface area contributed by atoms with Gasteiger partial charge in [0, 0.05) is 4.83 Å². The van der Waals surface area contributed by atoms with Crippen molar-refractivity contribution in [3.8, 4) is 11.5 Å². The Morgan fingerprint density at radius 2 is 1.59 bits per heavy atom. The van der Waals surface area contributed by atoms with Gasteiger partial charge in [-0.05, 0) is 37.1 Å². The second kappa shape index (κ2) is 4.76. The molecule has 0 heterocycles. The van der Waals surface area contributed by atoms with Crippen molar-refractivity contribution in [2.24, 2.45) is 0 Å². The normalized spacial score (nSPS) is 24.0. The molecule has 0 spiro atoms. The summed E-state index contributed by atoms with van der Waals surface area (Å²) in [6.07, 6.45) is -2.67. The fourth-order valence-corrected chi connectivity index (χ4v) is 2.34. The minimum atomic E-state index is -4.65. The summed E-state index contributed by atoms with van der Waals surface area (Å²) in [6, 6.07) is 5.44. The lowest BCUT2D eigenvalue weighted by Gasteiger charge is -2.31. The summed E-state index contributed by atoms with van der Waals surface area (Å²) in [4.78, 5) is 0.486. The van der Waals surface area contributed by atoms with Crippen LogP contribution in [0.4, 0.5) is 13.2 Å². The number of halogens is 4. The van der Waals surface area contributed by atoms with Crippen LogP contribution in [0.1, 0.15) is 12.8 Å². The van der Waals surface area contributed by atoms with Crippen molar-refractivity contribution >= 4 is 15.9 Å². The van der Waals surface area contributed by atoms with Crippen LogP contribution in [-0.2, 0) is 0 Å². The van der Waals surface area contributed by atoms with Crippen LogP contribution in [0, 0.1) is 0 Å². The Morgan fingerprint density at radius 1 is 1.06 bits per heavy atom. The van der Waals surface area contributed by atoms with Gasteiger partial charge in [0.2, 0.25) is 0 Å². The Bertz CT molecular complexity index is 371. The second-order valence-corrected chi connectivity index (χ2v) is 5.12. The first kappa shape index (κ1) is 12.5. The van der Waals surface area contributed by atoms with Crippen molar-refractivity contribution in [3.05, 3.63) is 24.3 Å². The largest absolute Gasteiger partial charge is 0.573 e. The molecule has 94 valence electrons. The summed E-state index contributed by atoms with van der Waals surface area (Å²) in [5.74, 6) is 0.320. The van der Waals surface area contributed by atoms with Gasteiger partial charge in [0.1, 0.15) is 17.6 Å². The fraction of sp³-hybridized carbons (Fsp3) is 0.455. The molecule has 0 aromatic heterocycles. The van der Waals surface area contributed by atoms with E-state index < -0.39 is 6.36 Å². The van der Waals surface area contributed by atoms with E-state index in [9.17, 15) is 13.2 Å². The average molecular weight is 311 g/mol. The number of rotatable bonds is 3. The molecule has 2 rings (SSSR count). The zero-order valence-corrected chi connectivity index (χ0v) is 10.3. The third-order valence-electron chi connectivity index (χ3n) is 2.40. The van der Waals surface area contributed by atoms with Crippen LogP contribution >= 0.6 is 15.9 Å². The van der Waals surface area contributed by atoms with E-state index in [-0.39, 0.29) is 11.9 Å². The maximum absolute atomic E-state index is 11.9. The third kappa shape index (κ3) is 3.80. The van der Waals surface area contributed by atoms with Crippen LogP contribution in [0.2, 0.25) is 0 Å². The smallest absolute Gasteiger partial charge is 0.490 e. The van der Waals surface area contributed by atoms with Crippen LogP contribution in [0.5, 0.6) is 11.5 Å². The molecule has 0 N–H and O–H groups in total. The van der Waals surface area contributed by atoms with Gasteiger partial charge in [-0.15, -0.1) is 13.2 Å². The first-order valence-corrected chi connectivity index (χ1v) is 6.00. The molecule has 1 fully saturated rings. The molecule has 0 saturated heterocycles. The topological polar surface area (TPSA) is 18.5 Å². The van der Waals surface area contributed by atoms with Crippen LogP contribution < -0.4 is 9.47 Å². The Hall–Kier alpha value is -0.910. The summed E-state index contributed by atoms with van der Waals surface area (Å²) in [7, 11) is 0. The summed E-state index contributed by atoms with van der Waals surface area (Å²) < 4.78 is 45.0. The van der Waals surface area contributed by atoms with Gasteiger partial charge in [0.15, 0.2) is 0 Å². The first-order chi connectivity index (χ1) is 7.92. The van der Waals surface area contributed by atoms with E-state index in [4.69, 9.17) is 4.74 Å². The molecule has 0 aliphatic heterocycles. The van der Waals surface area contributed by atoms with Crippen molar-refractivity contribution in [2.75, 3.05) is 0 Å². The lowest BCUT2D eigenvalue weighted by molar-refractivity contribution is -0.274. The van der Waals surface area contributed by atoms with Crippen molar-refractivity contribution in [1.82, 2.24) is 0 Å². The quantitative estimate of drug-likeness (QED) is 0.789. The van der Waals surface area contributed by atoms with Crippen molar-refractivity contribution in [2.45, 2.75) is 30.1 Å². The molecule has 2 nitrogen and oxygen atoms in total. The summed E-state index contributed by atoms with van der Waals surface area (Å²) in [5, 5.41) is 0. The van der Waals surface area contributed by atoms with Crippen molar-refractivity contribution < 1.29 is 22.6 Å². The highest BCUT2D eigenvalue weighted by molar-refractivity contribution is 9.09. The van der Waals surface area contributed by atoms with E-state index in [1.54, 1.807) is 0 Å². The Kier molecular flexibility index (Phi) is 3.51. The Balaban J connectivity index is 1.89. The highest BCUT2D eigenvalue weighted by Crippen LogP contribution is 2.32. The minimum Gasteiger partial charge on any atom is -0.490 e. The number of alkyl halides is 4. The fourth-order valence-electron chi connectivity index (χ4n) is 1.51. The van der Waals surface area contributed by atoms with E-state index in [0.29, 0.717) is 10.6 Å². The molecular weight excluding hydrogens is 301 g/mol. The van der Waals surface area contributed by atoms with E-state index >= 15 is 0 Å². The maximum Gasteiger partial charge on any atom is 0.573 e. The van der Waals surface area contributed by atoms with E-state index in [0.717, 1.165) is 12.8 Å². The molecule has 1 aromatic rings.